The highest BCUT2D eigenvalue weighted by atomic mass is 32.2. The van der Waals surface area contributed by atoms with Gasteiger partial charge in [0.05, 0.1) is 12.3 Å². The second-order valence-corrected chi connectivity index (χ2v) is 5.26. The lowest BCUT2D eigenvalue weighted by Gasteiger charge is -2.05. The van der Waals surface area contributed by atoms with E-state index in [0.29, 0.717) is 17.5 Å². The third kappa shape index (κ3) is 2.99. The van der Waals surface area contributed by atoms with Crippen LogP contribution in [0.4, 0.5) is 0 Å². The summed E-state index contributed by atoms with van der Waals surface area (Å²) in [6.45, 7) is 2.21. The SMILES string of the molecule is Cc1nnc(SCC(=O)O)n1Cc1csc(=O)[nH]1. The number of nitrogens with zero attached hydrogens (tertiary/aromatic N) is 3. The van der Waals surface area contributed by atoms with Crippen molar-refractivity contribution in [3.05, 3.63) is 26.6 Å². The van der Waals surface area contributed by atoms with E-state index in [9.17, 15) is 9.59 Å². The number of rotatable bonds is 5. The Morgan fingerprint density at radius 1 is 1.61 bits per heavy atom. The summed E-state index contributed by atoms with van der Waals surface area (Å²) in [6, 6.07) is 0. The topological polar surface area (TPSA) is 101 Å². The number of hydrogen-bond acceptors (Lipinski definition) is 6. The molecule has 18 heavy (non-hydrogen) atoms. The molecule has 0 radical (unpaired) electrons. The highest BCUT2D eigenvalue weighted by Crippen LogP contribution is 2.17. The molecule has 2 aromatic heterocycles. The molecule has 0 unspecified atom stereocenters. The molecule has 9 heteroatoms. The van der Waals surface area contributed by atoms with Crippen molar-refractivity contribution in [2.24, 2.45) is 0 Å². The van der Waals surface area contributed by atoms with Crippen LogP contribution in [0.3, 0.4) is 0 Å². The molecule has 7 nitrogen and oxygen atoms in total. The van der Waals surface area contributed by atoms with Crippen molar-refractivity contribution in [1.82, 2.24) is 19.7 Å². The Kier molecular flexibility index (Phi) is 3.82. The van der Waals surface area contributed by atoms with Crippen LogP contribution in [-0.2, 0) is 11.3 Å². The maximum atomic E-state index is 11.0. The molecule has 0 aromatic carbocycles. The number of carboxylic acid groups (broad SMARTS) is 1. The molecular weight excluding hydrogens is 276 g/mol. The summed E-state index contributed by atoms with van der Waals surface area (Å²) in [5, 5.41) is 18.7. The van der Waals surface area contributed by atoms with Crippen LogP contribution in [0.1, 0.15) is 11.5 Å². The number of carbonyl (C=O) groups is 1. The average molecular weight is 286 g/mol. The second kappa shape index (κ2) is 5.36. The van der Waals surface area contributed by atoms with E-state index < -0.39 is 5.97 Å². The van der Waals surface area contributed by atoms with Gasteiger partial charge in [0.15, 0.2) is 5.16 Å². The van der Waals surface area contributed by atoms with Gasteiger partial charge < -0.3 is 14.7 Å². The van der Waals surface area contributed by atoms with Gasteiger partial charge in [-0.1, -0.05) is 23.1 Å². The van der Waals surface area contributed by atoms with Crippen LogP contribution in [0.15, 0.2) is 15.3 Å². The molecule has 2 aromatic rings. The van der Waals surface area contributed by atoms with Crippen LogP contribution in [0, 0.1) is 6.92 Å². The number of thiazole rings is 1. The van der Waals surface area contributed by atoms with Crippen LogP contribution < -0.4 is 4.87 Å². The first kappa shape index (κ1) is 12.8. The van der Waals surface area contributed by atoms with Crippen molar-refractivity contribution in [3.8, 4) is 0 Å². The Hall–Kier alpha value is -1.61. The van der Waals surface area contributed by atoms with Crippen molar-refractivity contribution in [3.63, 3.8) is 0 Å². The molecule has 0 aliphatic heterocycles. The molecule has 0 saturated carbocycles. The molecular formula is C9H10N4O3S2. The first-order valence-electron chi connectivity index (χ1n) is 4.97. The molecule has 0 bridgehead atoms. The standard InChI is InChI=1S/C9H10N4O3S2/c1-5-11-12-8(17-4-7(14)15)13(5)2-6-3-18-9(16)10-6/h3H,2,4H2,1H3,(H,10,16)(H,14,15). The van der Waals surface area contributed by atoms with Crippen molar-refractivity contribution in [2.75, 3.05) is 5.75 Å². The lowest BCUT2D eigenvalue weighted by atomic mass is 10.5. The van der Waals surface area contributed by atoms with E-state index in [4.69, 9.17) is 5.11 Å². The van der Waals surface area contributed by atoms with Crippen molar-refractivity contribution < 1.29 is 9.90 Å². The zero-order valence-electron chi connectivity index (χ0n) is 9.41. The summed E-state index contributed by atoms with van der Waals surface area (Å²) in [6.07, 6.45) is 0. The van der Waals surface area contributed by atoms with Gasteiger partial charge in [0.2, 0.25) is 0 Å². The van der Waals surface area contributed by atoms with Crippen molar-refractivity contribution in [1.29, 1.82) is 0 Å². The minimum atomic E-state index is -0.906. The van der Waals surface area contributed by atoms with E-state index in [0.717, 1.165) is 28.8 Å². The number of aryl methyl sites for hydroxylation is 1. The fourth-order valence-electron chi connectivity index (χ4n) is 1.34. The van der Waals surface area contributed by atoms with Gasteiger partial charge in [-0.3, -0.25) is 9.59 Å². The summed E-state index contributed by atoms with van der Waals surface area (Å²) < 4.78 is 1.77. The van der Waals surface area contributed by atoms with E-state index in [-0.39, 0.29) is 10.6 Å². The monoisotopic (exact) mass is 286 g/mol. The molecule has 2 rings (SSSR count). The van der Waals surface area contributed by atoms with Gasteiger partial charge in [-0.05, 0) is 6.92 Å². The number of aromatic nitrogens is 4. The normalized spacial score (nSPS) is 10.7. The minimum absolute atomic E-state index is 0.0711. The summed E-state index contributed by atoms with van der Waals surface area (Å²) in [5.74, 6) is -0.302. The molecule has 0 amide bonds. The summed E-state index contributed by atoms with van der Waals surface area (Å²) in [4.78, 5) is 24.2. The molecule has 2 heterocycles. The molecule has 0 aliphatic rings. The Morgan fingerprint density at radius 2 is 2.39 bits per heavy atom. The lowest BCUT2D eigenvalue weighted by molar-refractivity contribution is -0.133. The van der Waals surface area contributed by atoms with Crippen LogP contribution in [0.25, 0.3) is 0 Å². The third-order valence-corrected chi connectivity index (χ3v) is 3.80. The quantitative estimate of drug-likeness (QED) is 0.779. The van der Waals surface area contributed by atoms with Gasteiger partial charge in [-0.25, -0.2) is 0 Å². The van der Waals surface area contributed by atoms with Gasteiger partial charge in [0.25, 0.3) is 0 Å². The first-order chi connectivity index (χ1) is 8.56. The van der Waals surface area contributed by atoms with E-state index in [1.807, 2.05) is 0 Å². The lowest BCUT2D eigenvalue weighted by Crippen LogP contribution is -2.07. The zero-order valence-corrected chi connectivity index (χ0v) is 11.0. The van der Waals surface area contributed by atoms with Crippen LogP contribution in [0.5, 0.6) is 0 Å². The molecule has 0 spiro atoms. The molecule has 96 valence electrons. The van der Waals surface area contributed by atoms with Gasteiger partial charge >= 0.3 is 10.8 Å². The van der Waals surface area contributed by atoms with Gasteiger partial charge in [-0.15, -0.1) is 10.2 Å². The molecule has 0 saturated heterocycles. The fraction of sp³-hybridized carbons (Fsp3) is 0.333. The van der Waals surface area contributed by atoms with Crippen LogP contribution in [-0.4, -0.2) is 36.6 Å². The number of hydrogen-bond donors (Lipinski definition) is 2. The van der Waals surface area contributed by atoms with Gasteiger partial charge in [0.1, 0.15) is 5.82 Å². The van der Waals surface area contributed by atoms with Gasteiger partial charge in [0, 0.05) is 11.1 Å². The van der Waals surface area contributed by atoms with Crippen molar-refractivity contribution >= 4 is 29.1 Å². The number of aromatic amines is 1. The number of aliphatic carboxylic acids is 1. The van der Waals surface area contributed by atoms with Crippen molar-refractivity contribution in [2.45, 2.75) is 18.6 Å². The molecule has 0 aliphatic carbocycles. The number of thioether (sulfide) groups is 1. The molecule has 0 atom stereocenters. The smallest absolute Gasteiger partial charge is 0.313 e. The summed E-state index contributed by atoms with van der Waals surface area (Å²) in [5.41, 5.74) is 0.755. The van der Waals surface area contributed by atoms with Crippen LogP contribution in [0.2, 0.25) is 0 Å². The molecule has 0 fully saturated rings. The second-order valence-electron chi connectivity index (χ2n) is 3.47. The zero-order chi connectivity index (χ0) is 13.1. The maximum Gasteiger partial charge on any atom is 0.313 e. The Labute approximate surface area is 110 Å². The maximum absolute atomic E-state index is 11.0. The number of H-pyrrole nitrogens is 1. The number of carboxylic acids is 1. The predicted octanol–water partition coefficient (Wildman–Crippen LogP) is 0.561. The highest BCUT2D eigenvalue weighted by molar-refractivity contribution is 7.99. The predicted molar refractivity (Wildman–Crippen MR) is 67.2 cm³/mol. The number of nitrogens with one attached hydrogen (secondary N) is 1. The van der Waals surface area contributed by atoms with E-state index in [1.165, 1.54) is 0 Å². The minimum Gasteiger partial charge on any atom is -0.481 e. The van der Waals surface area contributed by atoms with E-state index in [1.54, 1.807) is 16.9 Å². The third-order valence-electron chi connectivity index (χ3n) is 2.13. The summed E-state index contributed by atoms with van der Waals surface area (Å²) >= 11 is 2.19. The van der Waals surface area contributed by atoms with Crippen LogP contribution >= 0.6 is 23.1 Å². The highest BCUT2D eigenvalue weighted by Gasteiger charge is 2.12. The first-order valence-corrected chi connectivity index (χ1v) is 6.84. The Bertz CT molecular complexity index is 615. The fourth-order valence-corrected chi connectivity index (χ4v) is 2.61. The Morgan fingerprint density at radius 3 is 3.00 bits per heavy atom. The van der Waals surface area contributed by atoms with E-state index in [2.05, 4.69) is 15.2 Å². The Balaban J connectivity index is 2.18. The largest absolute Gasteiger partial charge is 0.481 e. The summed E-state index contributed by atoms with van der Waals surface area (Å²) in [7, 11) is 0. The van der Waals surface area contributed by atoms with Gasteiger partial charge in [-0.2, -0.15) is 0 Å². The average Bonchev–Trinajstić information content (AvgIpc) is 2.85. The van der Waals surface area contributed by atoms with E-state index >= 15 is 0 Å². The molecule has 2 N–H and O–H groups in total.